The molecule has 1 rings (SSSR count). The van der Waals surface area contributed by atoms with Gasteiger partial charge >= 0.3 is 5.97 Å². The smallest absolute Gasteiger partial charge is 0.340 e. The van der Waals surface area contributed by atoms with Crippen LogP contribution in [0.25, 0.3) is 0 Å². The minimum Gasteiger partial charge on any atom is -0.465 e. The molecule has 1 aromatic carbocycles. The minimum absolute atomic E-state index is 0.0745. The lowest BCUT2D eigenvalue weighted by Crippen LogP contribution is -2.19. The van der Waals surface area contributed by atoms with Crippen LogP contribution < -0.4 is 5.32 Å². The molecule has 0 spiro atoms. The Hall–Kier alpha value is -1.65. The number of esters is 1. The van der Waals surface area contributed by atoms with Crippen molar-refractivity contribution in [2.45, 2.75) is 39.2 Å². The third-order valence-corrected chi connectivity index (χ3v) is 2.98. The van der Waals surface area contributed by atoms with Crippen molar-refractivity contribution in [1.29, 1.82) is 0 Å². The summed E-state index contributed by atoms with van der Waals surface area (Å²) in [6.45, 7) is 4.01. The van der Waals surface area contributed by atoms with Crippen LogP contribution in [-0.2, 0) is 4.74 Å². The second-order valence-corrected chi connectivity index (χ2v) is 4.32. The van der Waals surface area contributed by atoms with E-state index in [9.17, 15) is 13.6 Å². The van der Waals surface area contributed by atoms with Crippen LogP contribution in [0, 0.1) is 11.6 Å². The fourth-order valence-corrected chi connectivity index (χ4v) is 1.88. The Bertz CT molecular complexity index is 449. The van der Waals surface area contributed by atoms with Crippen LogP contribution in [0.4, 0.5) is 14.5 Å². The lowest BCUT2D eigenvalue weighted by atomic mass is 10.1. The van der Waals surface area contributed by atoms with Gasteiger partial charge in [0, 0.05) is 6.04 Å². The molecule has 1 atom stereocenters. The fourth-order valence-electron chi connectivity index (χ4n) is 1.88. The zero-order chi connectivity index (χ0) is 14.4. The Morgan fingerprint density at radius 3 is 2.53 bits per heavy atom. The molecule has 0 heterocycles. The molecule has 0 aromatic heterocycles. The van der Waals surface area contributed by atoms with Crippen LogP contribution in [0.3, 0.4) is 0 Å². The van der Waals surface area contributed by atoms with Gasteiger partial charge in [-0.05, 0) is 25.0 Å². The van der Waals surface area contributed by atoms with Crippen molar-refractivity contribution >= 4 is 11.7 Å². The Labute approximate surface area is 112 Å². The Morgan fingerprint density at radius 2 is 2.00 bits per heavy atom. The summed E-state index contributed by atoms with van der Waals surface area (Å²) in [6, 6.07) is 2.68. The highest BCUT2D eigenvalue weighted by Gasteiger charge is 2.20. The lowest BCUT2D eigenvalue weighted by Gasteiger charge is -2.18. The Morgan fingerprint density at radius 1 is 1.32 bits per heavy atom. The van der Waals surface area contributed by atoms with Gasteiger partial charge in [0.05, 0.1) is 18.4 Å². The summed E-state index contributed by atoms with van der Waals surface area (Å²) in [4.78, 5) is 11.2. The number of hydrogen-bond donors (Lipinski definition) is 1. The summed E-state index contributed by atoms with van der Waals surface area (Å²) in [5, 5.41) is 2.96. The molecule has 1 N–H and O–H groups in total. The highest BCUT2D eigenvalue weighted by molar-refractivity contribution is 5.90. The van der Waals surface area contributed by atoms with Gasteiger partial charge in [0.25, 0.3) is 0 Å². The van der Waals surface area contributed by atoms with E-state index in [2.05, 4.69) is 10.1 Å². The summed E-state index contributed by atoms with van der Waals surface area (Å²) >= 11 is 0. The van der Waals surface area contributed by atoms with Gasteiger partial charge in [-0.25, -0.2) is 13.6 Å². The van der Waals surface area contributed by atoms with Gasteiger partial charge in [0.15, 0.2) is 11.6 Å². The fraction of sp³-hybridized carbons (Fsp3) is 0.500. The number of rotatable bonds is 6. The second-order valence-electron chi connectivity index (χ2n) is 4.32. The van der Waals surface area contributed by atoms with Gasteiger partial charge in [0.1, 0.15) is 0 Å². The van der Waals surface area contributed by atoms with Crippen molar-refractivity contribution in [3.63, 3.8) is 0 Å². The Balaban J connectivity index is 2.99. The largest absolute Gasteiger partial charge is 0.465 e. The standard InChI is InChI=1S/C14H19F2NO2/c1-4-6-9(5-2)17-11-8-7-10(14(18)19-3)12(15)13(11)16/h7-9,17H,4-6H2,1-3H3. The van der Waals surface area contributed by atoms with Crippen molar-refractivity contribution in [1.82, 2.24) is 0 Å². The van der Waals surface area contributed by atoms with Crippen LogP contribution in [0.1, 0.15) is 43.5 Å². The van der Waals surface area contributed by atoms with Gasteiger partial charge in [-0.3, -0.25) is 0 Å². The predicted molar refractivity (Wildman–Crippen MR) is 70.3 cm³/mol. The minimum atomic E-state index is -1.18. The molecule has 3 nitrogen and oxygen atoms in total. The van der Waals surface area contributed by atoms with Crippen molar-refractivity contribution in [2.75, 3.05) is 12.4 Å². The molecule has 0 fully saturated rings. The highest BCUT2D eigenvalue weighted by atomic mass is 19.2. The van der Waals surface area contributed by atoms with Gasteiger partial charge < -0.3 is 10.1 Å². The first-order valence-corrected chi connectivity index (χ1v) is 6.37. The maximum absolute atomic E-state index is 13.9. The molecule has 0 amide bonds. The summed E-state index contributed by atoms with van der Waals surface area (Å²) in [7, 11) is 1.13. The molecule has 1 aromatic rings. The number of carbonyl (C=O) groups is 1. The number of benzene rings is 1. The van der Waals surface area contributed by atoms with Crippen LogP contribution in [0.5, 0.6) is 0 Å². The van der Waals surface area contributed by atoms with Crippen molar-refractivity contribution in [2.24, 2.45) is 0 Å². The first-order chi connectivity index (χ1) is 9.04. The summed E-state index contributed by atoms with van der Waals surface area (Å²) in [5.74, 6) is -3.11. The topological polar surface area (TPSA) is 38.3 Å². The average Bonchev–Trinajstić information content (AvgIpc) is 2.42. The molecular formula is C14H19F2NO2. The van der Waals surface area contributed by atoms with Crippen molar-refractivity contribution in [3.05, 3.63) is 29.3 Å². The lowest BCUT2D eigenvalue weighted by molar-refractivity contribution is 0.0594. The molecule has 0 bridgehead atoms. The molecule has 0 saturated heterocycles. The number of anilines is 1. The Kier molecular flexibility index (Phi) is 5.73. The average molecular weight is 271 g/mol. The SMILES string of the molecule is CCCC(CC)Nc1ccc(C(=O)OC)c(F)c1F. The molecule has 106 valence electrons. The van der Waals surface area contributed by atoms with E-state index in [0.717, 1.165) is 26.4 Å². The molecule has 0 aliphatic carbocycles. The van der Waals surface area contributed by atoms with Crippen LogP contribution in [-0.4, -0.2) is 19.1 Å². The van der Waals surface area contributed by atoms with Crippen LogP contribution in [0.15, 0.2) is 12.1 Å². The number of methoxy groups -OCH3 is 1. The molecule has 0 aliphatic heterocycles. The van der Waals surface area contributed by atoms with Crippen LogP contribution in [0.2, 0.25) is 0 Å². The van der Waals surface area contributed by atoms with E-state index in [1.807, 2.05) is 13.8 Å². The zero-order valence-corrected chi connectivity index (χ0v) is 11.4. The maximum Gasteiger partial charge on any atom is 0.340 e. The van der Waals surface area contributed by atoms with E-state index in [-0.39, 0.29) is 11.7 Å². The van der Waals surface area contributed by atoms with Gasteiger partial charge in [-0.2, -0.15) is 0 Å². The molecular weight excluding hydrogens is 252 g/mol. The second kappa shape index (κ2) is 7.07. The monoisotopic (exact) mass is 271 g/mol. The highest BCUT2D eigenvalue weighted by Crippen LogP contribution is 2.23. The molecule has 0 saturated carbocycles. The third-order valence-electron chi connectivity index (χ3n) is 2.98. The number of ether oxygens (including phenoxy) is 1. The number of halogens is 2. The summed E-state index contributed by atoms with van der Waals surface area (Å²) in [5.41, 5.74) is -0.320. The molecule has 5 heteroatoms. The summed E-state index contributed by atoms with van der Waals surface area (Å²) < 4.78 is 32.0. The van der Waals surface area contributed by atoms with E-state index in [1.54, 1.807) is 0 Å². The zero-order valence-electron chi connectivity index (χ0n) is 11.4. The van der Waals surface area contributed by atoms with E-state index in [4.69, 9.17) is 0 Å². The maximum atomic E-state index is 13.9. The third kappa shape index (κ3) is 3.66. The first kappa shape index (κ1) is 15.4. The van der Waals surface area contributed by atoms with E-state index in [0.29, 0.717) is 0 Å². The van der Waals surface area contributed by atoms with Crippen molar-refractivity contribution < 1.29 is 18.3 Å². The quantitative estimate of drug-likeness (QED) is 0.801. The van der Waals surface area contributed by atoms with Gasteiger partial charge in [0.2, 0.25) is 0 Å². The first-order valence-electron chi connectivity index (χ1n) is 6.37. The predicted octanol–water partition coefficient (Wildman–Crippen LogP) is 3.74. The number of nitrogens with one attached hydrogen (secondary N) is 1. The molecule has 19 heavy (non-hydrogen) atoms. The molecule has 1 unspecified atom stereocenters. The molecule has 0 aliphatic rings. The number of hydrogen-bond acceptors (Lipinski definition) is 3. The molecule has 0 radical (unpaired) electrons. The van der Waals surface area contributed by atoms with Crippen LogP contribution >= 0.6 is 0 Å². The van der Waals surface area contributed by atoms with Gasteiger partial charge in [-0.1, -0.05) is 20.3 Å². The van der Waals surface area contributed by atoms with Gasteiger partial charge in [-0.15, -0.1) is 0 Å². The number of carbonyl (C=O) groups excluding carboxylic acids is 1. The summed E-state index contributed by atoms with van der Waals surface area (Å²) in [6.07, 6.45) is 2.64. The normalized spacial score (nSPS) is 12.1. The van der Waals surface area contributed by atoms with Crippen molar-refractivity contribution in [3.8, 4) is 0 Å². The van der Waals surface area contributed by atoms with E-state index >= 15 is 0 Å². The van der Waals surface area contributed by atoms with E-state index < -0.39 is 23.2 Å². The van der Waals surface area contributed by atoms with E-state index in [1.165, 1.54) is 12.1 Å².